The lowest BCUT2D eigenvalue weighted by atomic mass is 9.98. The Hall–Kier alpha value is -3.80. The van der Waals surface area contributed by atoms with Crippen LogP contribution in [0.25, 0.3) is 0 Å². The van der Waals surface area contributed by atoms with Crippen LogP contribution in [0.15, 0.2) is 77.9 Å². The number of carboxylic acids is 1. The number of carbonyl (C=O) groups is 1. The smallest absolute Gasteiger partial charge is 0.335 e. The molecular weight excluding hydrogens is 380 g/mol. The van der Waals surface area contributed by atoms with Gasteiger partial charge in [-0.05, 0) is 54.1 Å². The van der Waals surface area contributed by atoms with Crippen LogP contribution >= 0.6 is 0 Å². The molecule has 0 radical (unpaired) electrons. The van der Waals surface area contributed by atoms with E-state index in [-0.39, 0.29) is 11.6 Å². The standard InChI is InChI=1S/C24H22N2O4/c1-29-20-12-8-16(9-13-20)23-15-22(18-4-3-5-21(14-18)30-2)25-26(23)19-10-6-17(7-11-19)24(27)28/h3-14,23H,15H2,1-2H3,(H,27,28). The molecular formula is C24H22N2O4. The maximum atomic E-state index is 11.2. The lowest BCUT2D eigenvalue weighted by molar-refractivity contribution is 0.0697. The molecule has 0 saturated carbocycles. The molecule has 3 aromatic rings. The molecule has 1 aliphatic rings. The molecule has 0 saturated heterocycles. The fraction of sp³-hybridized carbons (Fsp3) is 0.167. The zero-order valence-corrected chi connectivity index (χ0v) is 16.8. The van der Waals surface area contributed by atoms with E-state index < -0.39 is 5.97 Å². The van der Waals surface area contributed by atoms with Gasteiger partial charge in [-0.3, -0.25) is 5.01 Å². The largest absolute Gasteiger partial charge is 0.497 e. The van der Waals surface area contributed by atoms with Crippen molar-refractivity contribution in [3.8, 4) is 11.5 Å². The SMILES string of the molecule is COc1ccc(C2CC(c3cccc(OC)c3)=NN2c2ccc(C(=O)O)cc2)cc1. The number of ether oxygens (including phenoxy) is 2. The number of hydrazone groups is 1. The Labute approximate surface area is 175 Å². The zero-order valence-electron chi connectivity index (χ0n) is 16.8. The Morgan fingerprint density at radius 3 is 2.30 bits per heavy atom. The van der Waals surface area contributed by atoms with Crippen molar-refractivity contribution < 1.29 is 19.4 Å². The maximum absolute atomic E-state index is 11.2. The van der Waals surface area contributed by atoms with Gasteiger partial charge in [0.05, 0.1) is 37.2 Å². The molecule has 0 amide bonds. The van der Waals surface area contributed by atoms with Crippen molar-refractivity contribution in [3.05, 3.63) is 89.5 Å². The Kier molecular flexibility index (Phi) is 5.39. The van der Waals surface area contributed by atoms with E-state index in [2.05, 4.69) is 0 Å². The minimum absolute atomic E-state index is 0.0206. The van der Waals surface area contributed by atoms with Crippen LogP contribution in [0.4, 0.5) is 5.69 Å². The first kappa shape index (κ1) is 19.5. The average Bonchev–Trinajstić information content (AvgIpc) is 3.25. The Balaban J connectivity index is 1.73. The fourth-order valence-corrected chi connectivity index (χ4v) is 3.57. The summed E-state index contributed by atoms with van der Waals surface area (Å²) in [5.41, 5.74) is 4.11. The van der Waals surface area contributed by atoms with Gasteiger partial charge in [0.2, 0.25) is 0 Å². The van der Waals surface area contributed by atoms with Crippen LogP contribution in [0.2, 0.25) is 0 Å². The number of methoxy groups -OCH3 is 2. The van der Waals surface area contributed by atoms with Gasteiger partial charge in [0, 0.05) is 12.0 Å². The molecule has 0 fully saturated rings. The molecule has 4 rings (SSSR count). The van der Waals surface area contributed by atoms with Gasteiger partial charge in [0.1, 0.15) is 11.5 Å². The second-order valence-corrected chi connectivity index (χ2v) is 6.97. The summed E-state index contributed by atoms with van der Waals surface area (Å²) in [6, 6.07) is 22.5. The van der Waals surface area contributed by atoms with Gasteiger partial charge in [-0.2, -0.15) is 5.10 Å². The van der Waals surface area contributed by atoms with Crippen molar-refractivity contribution >= 4 is 17.4 Å². The third-order valence-corrected chi connectivity index (χ3v) is 5.19. The Bertz CT molecular complexity index is 1080. The first-order valence-corrected chi connectivity index (χ1v) is 9.57. The van der Waals surface area contributed by atoms with Gasteiger partial charge in [-0.1, -0.05) is 24.3 Å². The fourth-order valence-electron chi connectivity index (χ4n) is 3.57. The molecule has 6 heteroatoms. The summed E-state index contributed by atoms with van der Waals surface area (Å²) in [4.78, 5) is 11.2. The molecule has 0 aliphatic carbocycles. The Morgan fingerprint density at radius 1 is 0.967 bits per heavy atom. The first-order valence-electron chi connectivity index (χ1n) is 9.57. The minimum atomic E-state index is -0.949. The van der Waals surface area contributed by atoms with E-state index in [0.717, 1.165) is 34.0 Å². The summed E-state index contributed by atoms with van der Waals surface area (Å²) in [6.45, 7) is 0. The molecule has 1 heterocycles. The lowest BCUT2D eigenvalue weighted by Gasteiger charge is -2.24. The minimum Gasteiger partial charge on any atom is -0.497 e. The van der Waals surface area contributed by atoms with Gasteiger partial charge >= 0.3 is 5.97 Å². The molecule has 0 spiro atoms. The van der Waals surface area contributed by atoms with Crippen molar-refractivity contribution in [2.24, 2.45) is 5.10 Å². The Morgan fingerprint density at radius 2 is 1.67 bits per heavy atom. The second kappa shape index (κ2) is 8.29. The predicted molar refractivity (Wildman–Crippen MR) is 116 cm³/mol. The summed E-state index contributed by atoms with van der Waals surface area (Å²) >= 11 is 0. The summed E-state index contributed by atoms with van der Waals surface area (Å²) in [5.74, 6) is 0.624. The van der Waals surface area contributed by atoms with E-state index in [4.69, 9.17) is 14.6 Å². The van der Waals surface area contributed by atoms with Gasteiger partial charge in [-0.15, -0.1) is 0 Å². The van der Waals surface area contributed by atoms with E-state index in [1.54, 1.807) is 38.5 Å². The molecule has 1 atom stereocenters. The van der Waals surface area contributed by atoms with Crippen LogP contribution in [0, 0.1) is 0 Å². The quantitative estimate of drug-likeness (QED) is 0.644. The number of nitrogens with zero attached hydrogens (tertiary/aromatic N) is 2. The number of anilines is 1. The van der Waals surface area contributed by atoms with Gasteiger partial charge in [0.25, 0.3) is 0 Å². The summed E-state index contributed by atoms with van der Waals surface area (Å²) in [6.07, 6.45) is 0.709. The van der Waals surface area contributed by atoms with E-state index in [9.17, 15) is 9.90 Å². The van der Waals surface area contributed by atoms with Gasteiger partial charge < -0.3 is 14.6 Å². The molecule has 1 N–H and O–H groups in total. The topological polar surface area (TPSA) is 71.4 Å². The summed E-state index contributed by atoms with van der Waals surface area (Å²) in [5, 5.41) is 16.0. The van der Waals surface area contributed by atoms with Crippen LogP contribution < -0.4 is 14.5 Å². The van der Waals surface area contributed by atoms with Crippen LogP contribution in [-0.4, -0.2) is 31.0 Å². The van der Waals surface area contributed by atoms with Crippen LogP contribution in [-0.2, 0) is 0 Å². The molecule has 152 valence electrons. The number of benzene rings is 3. The third kappa shape index (κ3) is 3.85. The first-order chi connectivity index (χ1) is 14.6. The monoisotopic (exact) mass is 402 g/mol. The highest BCUT2D eigenvalue weighted by Crippen LogP contribution is 2.37. The van der Waals surface area contributed by atoms with E-state index in [1.165, 1.54) is 0 Å². The van der Waals surface area contributed by atoms with Crippen LogP contribution in [0.5, 0.6) is 11.5 Å². The van der Waals surface area contributed by atoms with E-state index >= 15 is 0 Å². The number of carboxylic acid groups (broad SMARTS) is 1. The molecule has 1 aliphatic heterocycles. The van der Waals surface area contributed by atoms with Crippen molar-refractivity contribution in [2.45, 2.75) is 12.5 Å². The summed E-state index contributed by atoms with van der Waals surface area (Å²) in [7, 11) is 3.29. The third-order valence-electron chi connectivity index (χ3n) is 5.19. The van der Waals surface area contributed by atoms with Gasteiger partial charge in [0.15, 0.2) is 0 Å². The zero-order chi connectivity index (χ0) is 21.1. The molecule has 30 heavy (non-hydrogen) atoms. The molecule has 6 nitrogen and oxygen atoms in total. The van der Waals surface area contributed by atoms with Crippen molar-refractivity contribution in [2.75, 3.05) is 19.2 Å². The van der Waals surface area contributed by atoms with Crippen LogP contribution in [0.1, 0.15) is 33.9 Å². The molecule has 1 unspecified atom stereocenters. The van der Waals surface area contributed by atoms with Crippen molar-refractivity contribution in [1.29, 1.82) is 0 Å². The van der Waals surface area contributed by atoms with E-state index in [1.807, 2.05) is 53.5 Å². The van der Waals surface area contributed by atoms with E-state index in [0.29, 0.717) is 6.42 Å². The number of hydrogen-bond donors (Lipinski definition) is 1. The highest BCUT2D eigenvalue weighted by molar-refractivity contribution is 6.03. The predicted octanol–water partition coefficient (Wildman–Crippen LogP) is 4.76. The molecule has 0 aromatic heterocycles. The highest BCUT2D eigenvalue weighted by Gasteiger charge is 2.30. The van der Waals surface area contributed by atoms with Crippen molar-refractivity contribution in [1.82, 2.24) is 0 Å². The normalized spacial score (nSPS) is 15.6. The van der Waals surface area contributed by atoms with Crippen molar-refractivity contribution in [3.63, 3.8) is 0 Å². The van der Waals surface area contributed by atoms with Crippen LogP contribution in [0.3, 0.4) is 0 Å². The summed E-state index contributed by atoms with van der Waals surface area (Å²) < 4.78 is 10.6. The number of hydrogen-bond acceptors (Lipinski definition) is 5. The number of rotatable bonds is 6. The average molecular weight is 402 g/mol. The molecule has 0 bridgehead atoms. The van der Waals surface area contributed by atoms with Gasteiger partial charge in [-0.25, -0.2) is 4.79 Å². The number of aromatic carboxylic acids is 1. The molecule has 3 aromatic carbocycles. The highest BCUT2D eigenvalue weighted by atomic mass is 16.5. The second-order valence-electron chi connectivity index (χ2n) is 6.97. The lowest BCUT2D eigenvalue weighted by Crippen LogP contribution is -2.18. The maximum Gasteiger partial charge on any atom is 0.335 e.